The highest BCUT2D eigenvalue weighted by atomic mass is 32.2. The molecule has 4 rings (SSSR count). The van der Waals surface area contributed by atoms with Crippen LogP contribution in [0.4, 0.5) is 9.93 Å². The number of aromatic nitrogens is 6. The van der Waals surface area contributed by atoms with Crippen molar-refractivity contribution in [3.8, 4) is 0 Å². The summed E-state index contributed by atoms with van der Waals surface area (Å²) in [4.78, 5) is 70.8. The third kappa shape index (κ3) is 10.2. The number of hydrogen-bond acceptors (Lipinski definition) is 17. The van der Waals surface area contributed by atoms with Crippen LogP contribution in [0.3, 0.4) is 0 Å². The van der Waals surface area contributed by atoms with Gasteiger partial charge in [-0.15, -0.1) is 16.9 Å². The number of tetrazole rings is 1. The van der Waals surface area contributed by atoms with E-state index in [-0.39, 0.29) is 28.2 Å². The number of hydrogen-bond donors (Lipinski definition) is 5. The number of fused-ring (bicyclic) bond motifs is 1. The maximum atomic E-state index is 13.2. The standard InChI is InChI=1S/C26H35N11O9S3/c1-26(2,3)46-25(44)28-8-6-4-5-7-9-36-24(31-34-35-36)48-12-13-11-47-21-16(20(41)37(21)17(13)22(42)43)29-19(40)15(32-45-10-14(38)39)18-30-23(27)49-33-18/h16,21H,4-12H2,1-3H3,(H,28,44)(H,29,40)(H,38,39)(H,42,43)(H2,27,30,33)/t16?,21-/m1/s1. The molecule has 4 heterocycles. The van der Waals surface area contributed by atoms with Gasteiger partial charge in [0, 0.05) is 36.1 Å². The van der Waals surface area contributed by atoms with Crippen LogP contribution in [0.1, 0.15) is 52.3 Å². The number of carbonyl (C=O) groups excluding carboxylic acids is 3. The number of nitrogen functional groups attached to an aromatic ring is 1. The molecule has 2 aliphatic rings. The summed E-state index contributed by atoms with van der Waals surface area (Å²) in [5.41, 5.74) is 4.85. The number of rotatable bonds is 17. The second-order valence-electron chi connectivity index (χ2n) is 11.5. The highest BCUT2D eigenvalue weighted by Crippen LogP contribution is 2.41. The number of oxime groups is 1. The third-order valence-corrected chi connectivity index (χ3v) is 9.51. The summed E-state index contributed by atoms with van der Waals surface area (Å²) in [5, 5.41) is 39.2. The third-order valence-electron chi connectivity index (χ3n) is 6.59. The van der Waals surface area contributed by atoms with Crippen LogP contribution < -0.4 is 16.4 Å². The molecule has 20 nitrogen and oxygen atoms in total. The number of alkyl carbamates (subject to hydrolysis) is 1. The number of amides is 3. The van der Waals surface area contributed by atoms with Crippen molar-refractivity contribution in [2.45, 2.75) is 75.2 Å². The number of carbonyl (C=O) groups is 5. The van der Waals surface area contributed by atoms with Crippen LogP contribution >= 0.6 is 35.1 Å². The van der Waals surface area contributed by atoms with Crippen molar-refractivity contribution in [1.82, 2.24) is 45.1 Å². The molecule has 2 aliphatic heterocycles. The van der Waals surface area contributed by atoms with E-state index < -0.39 is 59.2 Å². The van der Waals surface area contributed by atoms with Crippen LogP contribution in [-0.4, -0.2) is 122 Å². The molecule has 2 atom stereocenters. The summed E-state index contributed by atoms with van der Waals surface area (Å²) in [7, 11) is 0. The first-order valence-electron chi connectivity index (χ1n) is 14.8. The lowest BCUT2D eigenvalue weighted by Gasteiger charge is -2.49. The predicted molar refractivity (Wildman–Crippen MR) is 175 cm³/mol. The van der Waals surface area contributed by atoms with Gasteiger partial charge < -0.3 is 36.2 Å². The maximum absolute atomic E-state index is 13.2. The summed E-state index contributed by atoms with van der Waals surface area (Å²) in [6, 6.07) is -1.11. The Balaban J connectivity index is 1.30. The lowest BCUT2D eigenvalue weighted by atomic mass is 10.0. The molecule has 0 radical (unpaired) electrons. The molecule has 49 heavy (non-hydrogen) atoms. The van der Waals surface area contributed by atoms with Gasteiger partial charge in [-0.05, 0) is 49.6 Å². The molecule has 6 N–H and O–H groups in total. The van der Waals surface area contributed by atoms with Gasteiger partial charge in [-0.1, -0.05) is 29.8 Å². The smallest absolute Gasteiger partial charge is 0.407 e. The Labute approximate surface area is 291 Å². The molecular formula is C26H35N11O9S3. The van der Waals surface area contributed by atoms with Gasteiger partial charge in [-0.3, -0.25) is 14.5 Å². The zero-order valence-corrected chi connectivity index (χ0v) is 29.1. The van der Waals surface area contributed by atoms with E-state index in [1.165, 1.54) is 23.5 Å². The molecule has 2 aromatic rings. The number of unbranched alkanes of at least 4 members (excludes halogenated alkanes) is 3. The van der Waals surface area contributed by atoms with Crippen molar-refractivity contribution < 1.29 is 43.8 Å². The molecule has 266 valence electrons. The lowest BCUT2D eigenvalue weighted by molar-refractivity contribution is -0.150. The number of aryl methyl sites for hydroxylation is 1. The highest BCUT2D eigenvalue weighted by molar-refractivity contribution is 8.01. The van der Waals surface area contributed by atoms with Crippen molar-refractivity contribution in [2.24, 2.45) is 5.16 Å². The van der Waals surface area contributed by atoms with Crippen molar-refractivity contribution in [2.75, 3.05) is 30.4 Å². The second kappa shape index (κ2) is 16.7. The fraction of sp³-hybridized carbons (Fsp3) is 0.577. The van der Waals surface area contributed by atoms with Crippen LogP contribution in [-0.2, 0) is 35.3 Å². The van der Waals surface area contributed by atoms with E-state index in [1.54, 1.807) is 25.5 Å². The van der Waals surface area contributed by atoms with E-state index in [0.29, 0.717) is 23.8 Å². The number of anilines is 1. The average Bonchev–Trinajstić information content (AvgIpc) is 3.66. The zero-order valence-electron chi connectivity index (χ0n) is 26.7. The van der Waals surface area contributed by atoms with Gasteiger partial charge in [0.25, 0.3) is 11.8 Å². The second-order valence-corrected chi connectivity index (χ2v) is 14.3. The van der Waals surface area contributed by atoms with E-state index in [2.05, 4.69) is 45.5 Å². The largest absolute Gasteiger partial charge is 0.479 e. The van der Waals surface area contributed by atoms with Gasteiger partial charge in [0.15, 0.2) is 5.13 Å². The molecule has 1 unspecified atom stereocenters. The van der Waals surface area contributed by atoms with Crippen LogP contribution in [0.25, 0.3) is 0 Å². The van der Waals surface area contributed by atoms with Crippen LogP contribution in [0, 0.1) is 0 Å². The molecule has 0 saturated carbocycles. The zero-order chi connectivity index (χ0) is 35.7. The van der Waals surface area contributed by atoms with Crippen LogP contribution in [0.15, 0.2) is 21.6 Å². The Morgan fingerprint density at radius 2 is 1.92 bits per heavy atom. The van der Waals surface area contributed by atoms with Gasteiger partial charge in [-0.2, -0.15) is 9.36 Å². The van der Waals surface area contributed by atoms with Gasteiger partial charge in [0.1, 0.15) is 22.7 Å². The minimum Gasteiger partial charge on any atom is -0.479 e. The molecule has 1 fully saturated rings. The van der Waals surface area contributed by atoms with Crippen LogP contribution in [0.2, 0.25) is 0 Å². The quantitative estimate of drug-likeness (QED) is 0.0486. The summed E-state index contributed by atoms with van der Waals surface area (Å²) in [5.74, 6) is -4.01. The molecule has 0 bridgehead atoms. The molecule has 0 spiro atoms. The summed E-state index contributed by atoms with van der Waals surface area (Å²) in [6.45, 7) is 5.61. The van der Waals surface area contributed by atoms with Crippen molar-refractivity contribution in [3.05, 3.63) is 17.1 Å². The van der Waals surface area contributed by atoms with Crippen molar-refractivity contribution in [3.63, 3.8) is 0 Å². The summed E-state index contributed by atoms with van der Waals surface area (Å²) in [6.07, 6.45) is 2.87. The van der Waals surface area contributed by atoms with E-state index >= 15 is 0 Å². The number of carboxylic acids is 2. The Hall–Kier alpha value is -4.51. The van der Waals surface area contributed by atoms with E-state index in [0.717, 1.165) is 42.1 Å². The summed E-state index contributed by atoms with van der Waals surface area (Å²) < 4.78 is 10.7. The number of β-lactam (4-membered cyclic amide) rings is 1. The van der Waals surface area contributed by atoms with Gasteiger partial charge in [-0.25, -0.2) is 19.1 Å². The van der Waals surface area contributed by atoms with Crippen molar-refractivity contribution >= 4 is 75.7 Å². The minimum atomic E-state index is -1.34. The van der Waals surface area contributed by atoms with E-state index in [1.807, 2.05) is 0 Å². The Morgan fingerprint density at radius 3 is 2.59 bits per heavy atom. The molecule has 0 aromatic carbocycles. The number of thioether (sulfide) groups is 2. The molecule has 3 amide bonds. The van der Waals surface area contributed by atoms with Gasteiger partial charge in [0.05, 0.1) is 0 Å². The number of ether oxygens (including phenoxy) is 1. The molecule has 2 aromatic heterocycles. The van der Waals surface area contributed by atoms with Crippen molar-refractivity contribution in [1.29, 1.82) is 0 Å². The number of aliphatic carboxylic acids is 2. The van der Waals surface area contributed by atoms with E-state index in [9.17, 15) is 29.1 Å². The Bertz CT molecular complexity index is 1620. The summed E-state index contributed by atoms with van der Waals surface area (Å²) >= 11 is 3.27. The number of carboxylic acid groups (broad SMARTS) is 2. The molecule has 1 saturated heterocycles. The van der Waals surface area contributed by atoms with Gasteiger partial charge in [0.2, 0.25) is 23.3 Å². The topological polar surface area (TPSA) is 279 Å². The van der Waals surface area contributed by atoms with Crippen LogP contribution in [0.5, 0.6) is 0 Å². The fourth-order valence-electron chi connectivity index (χ4n) is 4.51. The normalized spacial score (nSPS) is 17.7. The van der Waals surface area contributed by atoms with E-state index in [4.69, 9.17) is 15.6 Å². The lowest BCUT2D eigenvalue weighted by Crippen LogP contribution is -2.71. The fourth-order valence-corrected chi connectivity index (χ4v) is 7.33. The Kier molecular flexibility index (Phi) is 12.7. The maximum Gasteiger partial charge on any atom is 0.407 e. The monoisotopic (exact) mass is 741 g/mol. The first kappa shape index (κ1) is 37.3. The predicted octanol–water partition coefficient (Wildman–Crippen LogP) is 0.528. The Morgan fingerprint density at radius 1 is 1.16 bits per heavy atom. The first-order valence-corrected chi connectivity index (χ1v) is 17.6. The number of nitrogens with two attached hydrogens (primary N) is 1. The van der Waals surface area contributed by atoms with Gasteiger partial charge >= 0.3 is 18.0 Å². The number of nitrogens with one attached hydrogen (secondary N) is 2. The number of nitrogens with zero attached hydrogens (tertiary/aromatic N) is 8. The highest BCUT2D eigenvalue weighted by Gasteiger charge is 2.54. The SMILES string of the molecule is CC(C)(C)OC(=O)NCCCCCCn1nnnc1SCC1=C(C(=O)O)N2C(=O)C(NC(=O)C(=NOCC(=O)O)c3nsc(N)n3)[C@H]2SC1. The molecule has 0 aliphatic carbocycles. The first-order chi connectivity index (χ1) is 23.2. The average molecular weight is 742 g/mol. The molecular weight excluding hydrogens is 707 g/mol. The minimum absolute atomic E-state index is 0.0136. The molecule has 23 heteroatoms.